The molecule has 0 spiro atoms. The zero-order valence-electron chi connectivity index (χ0n) is 23.3. The van der Waals surface area contributed by atoms with Crippen molar-refractivity contribution in [1.82, 2.24) is 20.4 Å². The van der Waals surface area contributed by atoms with Gasteiger partial charge < -0.3 is 24.0 Å². The van der Waals surface area contributed by atoms with Crippen LogP contribution in [0.5, 0.6) is 5.75 Å². The van der Waals surface area contributed by atoms with Gasteiger partial charge in [0, 0.05) is 17.1 Å². The quantitative estimate of drug-likeness (QED) is 0.189. The molecule has 11 nitrogen and oxygen atoms in total. The lowest BCUT2D eigenvalue weighted by molar-refractivity contribution is 0.0600. The molecule has 5 rings (SSSR count). The number of aliphatic imine (C=N–C) groups is 1. The first-order valence-electron chi connectivity index (χ1n) is 13.4. The van der Waals surface area contributed by atoms with Crippen LogP contribution in [0.1, 0.15) is 51.1 Å². The minimum atomic E-state index is -1.36. The summed E-state index contributed by atoms with van der Waals surface area (Å²) in [6.45, 7) is 5.96. The van der Waals surface area contributed by atoms with Crippen molar-refractivity contribution >= 4 is 40.5 Å². The fraction of sp³-hybridized carbons (Fsp3) is 0.300. The summed E-state index contributed by atoms with van der Waals surface area (Å²) in [7, 11) is 0. The molecule has 2 N–H and O–H groups in total. The number of benzene rings is 3. The van der Waals surface area contributed by atoms with Crippen LogP contribution in [0.3, 0.4) is 0 Å². The van der Waals surface area contributed by atoms with Gasteiger partial charge in [0.1, 0.15) is 24.0 Å². The second kappa shape index (κ2) is 12.1. The fourth-order valence-corrected chi connectivity index (χ4v) is 4.72. The van der Waals surface area contributed by atoms with E-state index >= 15 is 0 Å². The molecule has 1 aliphatic heterocycles. The molecule has 0 radical (unpaired) electrons. The topological polar surface area (TPSA) is 139 Å². The first-order valence-corrected chi connectivity index (χ1v) is 13.8. The molecule has 3 aromatic carbocycles. The Hall–Kier alpha value is -4.64. The van der Waals surface area contributed by atoms with Crippen molar-refractivity contribution in [2.45, 2.75) is 51.9 Å². The molecule has 0 bridgehead atoms. The van der Waals surface area contributed by atoms with Gasteiger partial charge in [0.15, 0.2) is 0 Å². The molecule has 218 valence electrons. The number of nitrogens with one attached hydrogen (secondary N) is 1. The number of aromatic nitrogens is 2. The first kappa shape index (κ1) is 28.9. The molecule has 1 unspecified atom stereocenters. The second-order valence-corrected chi connectivity index (χ2v) is 11.2. The maximum absolute atomic E-state index is 12.3. The first-order chi connectivity index (χ1) is 20.0. The lowest BCUT2D eigenvalue weighted by Crippen LogP contribution is -2.44. The SMILES string of the molecule is CC(C)(C)OC(=O)N=C(NC(=O)O)N1CCCC1c1nc(-c2ccc3cc(OCc4ccc(Cl)cc4)ccc3c2)no1. The number of fused-ring (bicyclic) bond motifs is 1. The normalized spacial score (nSPS) is 15.6. The van der Waals surface area contributed by atoms with Gasteiger partial charge in [-0.15, -0.1) is 4.99 Å². The molecule has 1 atom stereocenters. The number of hydrogen-bond donors (Lipinski definition) is 2. The number of carbonyl (C=O) groups excluding carboxylic acids is 1. The van der Waals surface area contributed by atoms with Crippen molar-refractivity contribution in [3.8, 4) is 17.1 Å². The minimum Gasteiger partial charge on any atom is -0.489 e. The fourth-order valence-electron chi connectivity index (χ4n) is 4.60. The number of rotatable bonds is 5. The molecule has 1 aliphatic rings. The number of nitrogens with zero attached hydrogens (tertiary/aromatic N) is 4. The van der Waals surface area contributed by atoms with Crippen LogP contribution in [0, 0.1) is 0 Å². The van der Waals surface area contributed by atoms with Gasteiger partial charge in [-0.25, -0.2) is 9.59 Å². The zero-order valence-corrected chi connectivity index (χ0v) is 24.1. The van der Waals surface area contributed by atoms with Crippen molar-refractivity contribution in [3.05, 3.63) is 77.1 Å². The zero-order chi connectivity index (χ0) is 29.9. The predicted molar refractivity (Wildman–Crippen MR) is 157 cm³/mol. The van der Waals surface area contributed by atoms with E-state index in [0.717, 1.165) is 27.6 Å². The van der Waals surface area contributed by atoms with Crippen LogP contribution in [0.4, 0.5) is 9.59 Å². The van der Waals surface area contributed by atoms with Gasteiger partial charge in [0.05, 0.1) is 0 Å². The van der Waals surface area contributed by atoms with Crippen LogP contribution in [0.2, 0.25) is 5.02 Å². The summed E-state index contributed by atoms with van der Waals surface area (Å²) in [5.41, 5.74) is 0.987. The summed E-state index contributed by atoms with van der Waals surface area (Å²) in [5.74, 6) is 1.27. The van der Waals surface area contributed by atoms with E-state index in [0.29, 0.717) is 36.8 Å². The average Bonchev–Trinajstić information content (AvgIpc) is 3.61. The highest BCUT2D eigenvalue weighted by atomic mass is 35.5. The van der Waals surface area contributed by atoms with Crippen LogP contribution in [-0.2, 0) is 11.3 Å². The molecular formula is C30H30ClN5O6. The Kier molecular flexibility index (Phi) is 8.30. The van der Waals surface area contributed by atoms with Crippen molar-refractivity contribution in [2.24, 2.45) is 4.99 Å². The van der Waals surface area contributed by atoms with E-state index < -0.39 is 23.8 Å². The highest BCUT2D eigenvalue weighted by Gasteiger charge is 2.35. The lowest BCUT2D eigenvalue weighted by Gasteiger charge is -2.25. The maximum Gasteiger partial charge on any atom is 0.437 e. The van der Waals surface area contributed by atoms with Gasteiger partial charge in [-0.05, 0) is 80.3 Å². The summed E-state index contributed by atoms with van der Waals surface area (Å²) in [6.07, 6.45) is -0.955. The highest BCUT2D eigenvalue weighted by Crippen LogP contribution is 2.33. The summed E-state index contributed by atoms with van der Waals surface area (Å²) < 4.78 is 16.8. The summed E-state index contributed by atoms with van der Waals surface area (Å²) >= 11 is 5.95. The monoisotopic (exact) mass is 591 g/mol. The Morgan fingerprint density at radius 2 is 1.86 bits per heavy atom. The van der Waals surface area contributed by atoms with Gasteiger partial charge >= 0.3 is 12.2 Å². The van der Waals surface area contributed by atoms with Crippen molar-refractivity contribution in [1.29, 1.82) is 0 Å². The van der Waals surface area contributed by atoms with Gasteiger partial charge in [-0.2, -0.15) is 4.98 Å². The minimum absolute atomic E-state index is 0.154. The molecule has 12 heteroatoms. The summed E-state index contributed by atoms with van der Waals surface area (Å²) in [6, 6.07) is 18.7. The molecule has 1 fully saturated rings. The third-order valence-corrected chi connectivity index (χ3v) is 6.70. The number of carbonyl (C=O) groups is 2. The molecule has 2 heterocycles. The van der Waals surface area contributed by atoms with E-state index in [-0.39, 0.29) is 11.9 Å². The number of guanidine groups is 1. The molecular weight excluding hydrogens is 562 g/mol. The lowest BCUT2D eigenvalue weighted by atomic mass is 10.1. The predicted octanol–water partition coefficient (Wildman–Crippen LogP) is 6.82. The Balaban J connectivity index is 1.32. The van der Waals surface area contributed by atoms with Crippen LogP contribution < -0.4 is 10.1 Å². The van der Waals surface area contributed by atoms with Gasteiger partial charge in [0.25, 0.3) is 0 Å². The van der Waals surface area contributed by atoms with Crippen molar-refractivity contribution in [3.63, 3.8) is 0 Å². The molecule has 1 saturated heterocycles. The van der Waals surface area contributed by atoms with E-state index in [4.69, 9.17) is 25.6 Å². The van der Waals surface area contributed by atoms with Crippen LogP contribution in [-0.4, -0.2) is 50.4 Å². The van der Waals surface area contributed by atoms with Crippen LogP contribution in [0.25, 0.3) is 22.2 Å². The van der Waals surface area contributed by atoms with Gasteiger partial charge in [-0.1, -0.05) is 47.1 Å². The van der Waals surface area contributed by atoms with Crippen LogP contribution in [0.15, 0.2) is 70.2 Å². The number of ether oxygens (including phenoxy) is 2. The van der Waals surface area contributed by atoms with Crippen molar-refractivity contribution in [2.75, 3.05) is 6.54 Å². The second-order valence-electron chi connectivity index (χ2n) is 10.8. The van der Waals surface area contributed by atoms with Crippen molar-refractivity contribution < 1.29 is 28.7 Å². The highest BCUT2D eigenvalue weighted by molar-refractivity contribution is 6.30. The summed E-state index contributed by atoms with van der Waals surface area (Å²) in [5, 5.41) is 18.4. The Morgan fingerprint density at radius 1 is 1.12 bits per heavy atom. The van der Waals surface area contributed by atoms with E-state index in [1.165, 1.54) is 0 Å². The maximum atomic E-state index is 12.3. The number of halogens is 1. The molecule has 4 aromatic rings. The molecule has 2 amide bonds. The Morgan fingerprint density at radius 3 is 2.60 bits per heavy atom. The largest absolute Gasteiger partial charge is 0.489 e. The van der Waals surface area contributed by atoms with E-state index in [2.05, 4.69) is 20.4 Å². The van der Waals surface area contributed by atoms with E-state index in [1.54, 1.807) is 25.7 Å². The van der Waals surface area contributed by atoms with E-state index in [1.807, 2.05) is 60.7 Å². The molecule has 0 saturated carbocycles. The standard InChI is InChI=1S/C30H30ClN5O6/c1-30(2,3)41-29(39)34-27(33-28(37)38)36-14-4-5-24(36)26-32-25(35-42-26)21-9-8-20-16-23(13-10-19(20)15-21)40-17-18-6-11-22(31)12-7-18/h6-13,15-16,24H,4-5,14,17H2,1-3H3,(H,37,38)(H,33,34,39). The number of hydrogen-bond acceptors (Lipinski definition) is 7. The van der Waals surface area contributed by atoms with Gasteiger partial charge in [-0.3, -0.25) is 5.32 Å². The van der Waals surface area contributed by atoms with E-state index in [9.17, 15) is 14.7 Å². The molecule has 0 aliphatic carbocycles. The van der Waals surface area contributed by atoms with Gasteiger partial charge in [0.2, 0.25) is 17.7 Å². The Labute approximate surface area is 247 Å². The molecule has 1 aromatic heterocycles. The van der Waals surface area contributed by atoms with Crippen LogP contribution >= 0.6 is 11.6 Å². The summed E-state index contributed by atoms with van der Waals surface area (Å²) in [4.78, 5) is 33.9. The smallest absolute Gasteiger partial charge is 0.437 e. The third-order valence-electron chi connectivity index (χ3n) is 6.45. The molecule has 42 heavy (non-hydrogen) atoms. The number of carboxylic acid groups (broad SMARTS) is 1. The number of likely N-dealkylation sites (tertiary alicyclic amines) is 1. The Bertz CT molecular complexity index is 1630. The number of amides is 2. The average molecular weight is 592 g/mol. The third kappa shape index (κ3) is 7.16.